The first kappa shape index (κ1) is 19.1. The van der Waals surface area contributed by atoms with Crippen LogP contribution in [0.15, 0.2) is 18.2 Å². The minimum Gasteiger partial charge on any atom is -0.493 e. The summed E-state index contributed by atoms with van der Waals surface area (Å²) in [4.78, 5) is 26.5. The Morgan fingerprint density at radius 3 is 2.40 bits per heavy atom. The van der Waals surface area contributed by atoms with Gasteiger partial charge in [-0.2, -0.15) is 0 Å². The average molecular weight is 350 g/mol. The average Bonchev–Trinajstić information content (AvgIpc) is 2.67. The van der Waals surface area contributed by atoms with Crippen LogP contribution in [0.2, 0.25) is 0 Å². The highest BCUT2D eigenvalue weighted by Gasteiger charge is 2.28. The molecule has 0 aromatic heterocycles. The number of rotatable bonds is 7. The highest BCUT2D eigenvalue weighted by molar-refractivity contribution is 5.95. The standard InChI is InChI=1S/C18H26N2O5/c1-23-11-8-19-17(21)13-6-9-20(10-7-13)18(22)14-4-5-15(24-2)16(12-14)25-3/h4-5,12-13H,6-11H2,1-3H3,(H,19,21). The molecule has 7 nitrogen and oxygen atoms in total. The van der Waals surface area contributed by atoms with Crippen molar-refractivity contribution in [3.63, 3.8) is 0 Å². The number of nitrogens with zero attached hydrogens (tertiary/aromatic N) is 1. The molecule has 1 aromatic carbocycles. The number of benzene rings is 1. The van der Waals surface area contributed by atoms with Crippen LogP contribution in [-0.4, -0.2) is 64.3 Å². The Labute approximate surface area is 148 Å². The molecule has 0 saturated carbocycles. The molecule has 0 spiro atoms. The van der Waals surface area contributed by atoms with Gasteiger partial charge in [-0.3, -0.25) is 9.59 Å². The molecular weight excluding hydrogens is 324 g/mol. The number of hydrogen-bond acceptors (Lipinski definition) is 5. The molecule has 1 aliphatic rings. The quantitative estimate of drug-likeness (QED) is 0.751. The molecular formula is C18H26N2O5. The van der Waals surface area contributed by atoms with Gasteiger partial charge < -0.3 is 24.4 Å². The highest BCUT2D eigenvalue weighted by Crippen LogP contribution is 2.28. The smallest absolute Gasteiger partial charge is 0.253 e. The largest absolute Gasteiger partial charge is 0.493 e. The van der Waals surface area contributed by atoms with Crippen LogP contribution >= 0.6 is 0 Å². The normalized spacial score (nSPS) is 14.9. The van der Waals surface area contributed by atoms with E-state index in [2.05, 4.69) is 5.32 Å². The van der Waals surface area contributed by atoms with E-state index in [0.717, 1.165) is 0 Å². The second kappa shape index (κ2) is 9.27. The van der Waals surface area contributed by atoms with Gasteiger partial charge in [-0.15, -0.1) is 0 Å². The van der Waals surface area contributed by atoms with Crippen LogP contribution < -0.4 is 14.8 Å². The van der Waals surface area contributed by atoms with Crippen LogP contribution in [0.5, 0.6) is 11.5 Å². The van der Waals surface area contributed by atoms with Gasteiger partial charge in [0, 0.05) is 38.2 Å². The van der Waals surface area contributed by atoms with Crippen molar-refractivity contribution >= 4 is 11.8 Å². The van der Waals surface area contributed by atoms with E-state index < -0.39 is 0 Å². The minimum absolute atomic E-state index is 0.0373. The third-order valence-electron chi connectivity index (χ3n) is 4.39. The number of hydrogen-bond donors (Lipinski definition) is 1. The van der Waals surface area contributed by atoms with E-state index >= 15 is 0 Å². The fourth-order valence-corrected chi connectivity index (χ4v) is 2.92. The Balaban J connectivity index is 1.92. The maximum atomic E-state index is 12.7. The zero-order valence-electron chi connectivity index (χ0n) is 15.0. The summed E-state index contributed by atoms with van der Waals surface area (Å²) in [7, 11) is 4.70. The second-order valence-electron chi connectivity index (χ2n) is 5.92. The Morgan fingerprint density at radius 2 is 1.80 bits per heavy atom. The number of nitrogens with one attached hydrogen (secondary N) is 1. The first-order valence-electron chi connectivity index (χ1n) is 8.38. The second-order valence-corrected chi connectivity index (χ2v) is 5.92. The van der Waals surface area contributed by atoms with Crippen molar-refractivity contribution in [3.05, 3.63) is 23.8 Å². The molecule has 0 aliphatic carbocycles. The summed E-state index contributed by atoms with van der Waals surface area (Å²) in [5.41, 5.74) is 0.556. The summed E-state index contributed by atoms with van der Waals surface area (Å²) in [5.74, 6) is 1.05. The van der Waals surface area contributed by atoms with Crippen LogP contribution in [0.25, 0.3) is 0 Å². The molecule has 7 heteroatoms. The van der Waals surface area contributed by atoms with Crippen LogP contribution in [-0.2, 0) is 9.53 Å². The fraction of sp³-hybridized carbons (Fsp3) is 0.556. The lowest BCUT2D eigenvalue weighted by molar-refractivity contribution is -0.126. The molecule has 1 aromatic rings. The van der Waals surface area contributed by atoms with Crippen LogP contribution in [0.4, 0.5) is 0 Å². The Kier molecular flexibility index (Phi) is 7.06. The van der Waals surface area contributed by atoms with Gasteiger partial charge in [0.1, 0.15) is 0 Å². The Morgan fingerprint density at radius 1 is 1.12 bits per heavy atom. The molecule has 1 heterocycles. The molecule has 1 saturated heterocycles. The number of carbonyl (C=O) groups excluding carboxylic acids is 2. The molecule has 0 bridgehead atoms. The lowest BCUT2D eigenvalue weighted by Crippen LogP contribution is -2.43. The molecule has 1 aliphatic heterocycles. The van der Waals surface area contributed by atoms with Gasteiger partial charge in [-0.25, -0.2) is 0 Å². The molecule has 138 valence electrons. The predicted molar refractivity (Wildman–Crippen MR) is 93.1 cm³/mol. The molecule has 0 radical (unpaired) electrons. The number of amides is 2. The van der Waals surface area contributed by atoms with Gasteiger partial charge in [-0.1, -0.05) is 0 Å². The number of carbonyl (C=O) groups is 2. The van der Waals surface area contributed by atoms with Crippen LogP contribution in [0.3, 0.4) is 0 Å². The van der Waals surface area contributed by atoms with E-state index in [1.165, 1.54) is 0 Å². The molecule has 1 N–H and O–H groups in total. The van der Waals surface area contributed by atoms with Crippen molar-refractivity contribution < 1.29 is 23.8 Å². The van der Waals surface area contributed by atoms with Crippen molar-refractivity contribution in [1.82, 2.24) is 10.2 Å². The predicted octanol–water partition coefficient (Wildman–Crippen LogP) is 1.32. The highest BCUT2D eigenvalue weighted by atomic mass is 16.5. The maximum Gasteiger partial charge on any atom is 0.253 e. The van der Waals surface area contributed by atoms with E-state index in [4.69, 9.17) is 14.2 Å². The zero-order valence-corrected chi connectivity index (χ0v) is 15.0. The van der Waals surface area contributed by atoms with Gasteiger partial charge in [0.25, 0.3) is 5.91 Å². The summed E-state index contributed by atoms with van der Waals surface area (Å²) in [6.45, 7) is 2.15. The van der Waals surface area contributed by atoms with E-state index in [1.807, 2.05) is 0 Å². The number of likely N-dealkylation sites (tertiary alicyclic amines) is 1. The molecule has 2 rings (SSSR count). The van der Waals surface area contributed by atoms with Crippen molar-refractivity contribution in [3.8, 4) is 11.5 Å². The monoisotopic (exact) mass is 350 g/mol. The Bertz CT molecular complexity index is 597. The topological polar surface area (TPSA) is 77.1 Å². The van der Waals surface area contributed by atoms with Crippen LogP contribution in [0.1, 0.15) is 23.2 Å². The summed E-state index contributed by atoms with van der Waals surface area (Å²) in [5, 5.41) is 2.86. The molecule has 1 fully saturated rings. The van der Waals surface area contributed by atoms with Gasteiger partial charge >= 0.3 is 0 Å². The number of methoxy groups -OCH3 is 3. The van der Waals surface area contributed by atoms with E-state index in [1.54, 1.807) is 44.4 Å². The van der Waals surface area contributed by atoms with Crippen molar-refractivity contribution in [2.24, 2.45) is 5.92 Å². The molecule has 0 atom stereocenters. The fourth-order valence-electron chi connectivity index (χ4n) is 2.92. The third-order valence-corrected chi connectivity index (χ3v) is 4.39. The van der Waals surface area contributed by atoms with Gasteiger partial charge in [-0.05, 0) is 31.0 Å². The summed E-state index contributed by atoms with van der Waals surface area (Å²) in [6, 6.07) is 5.14. The van der Waals surface area contributed by atoms with Crippen molar-refractivity contribution in [2.75, 3.05) is 47.6 Å². The van der Waals surface area contributed by atoms with Gasteiger partial charge in [0.15, 0.2) is 11.5 Å². The molecule has 0 unspecified atom stereocenters. The van der Waals surface area contributed by atoms with Gasteiger partial charge in [0.05, 0.1) is 20.8 Å². The summed E-state index contributed by atoms with van der Waals surface area (Å²) in [6.07, 6.45) is 1.33. The van der Waals surface area contributed by atoms with E-state index in [9.17, 15) is 9.59 Å². The van der Waals surface area contributed by atoms with Gasteiger partial charge in [0.2, 0.25) is 5.91 Å². The summed E-state index contributed by atoms with van der Waals surface area (Å²) >= 11 is 0. The first-order valence-corrected chi connectivity index (χ1v) is 8.38. The zero-order chi connectivity index (χ0) is 18.2. The number of piperidine rings is 1. The summed E-state index contributed by atoms with van der Waals surface area (Å²) < 4.78 is 15.4. The minimum atomic E-state index is -0.0563. The molecule has 2 amide bonds. The maximum absolute atomic E-state index is 12.7. The van der Waals surface area contributed by atoms with Crippen molar-refractivity contribution in [2.45, 2.75) is 12.8 Å². The van der Waals surface area contributed by atoms with E-state index in [-0.39, 0.29) is 17.7 Å². The Hall–Kier alpha value is -2.28. The number of ether oxygens (including phenoxy) is 3. The first-order chi connectivity index (χ1) is 12.1. The SMILES string of the molecule is COCCNC(=O)C1CCN(C(=O)c2ccc(OC)c(OC)c2)CC1. The lowest BCUT2D eigenvalue weighted by Gasteiger charge is -2.31. The molecule has 25 heavy (non-hydrogen) atoms. The van der Waals surface area contributed by atoms with Crippen LogP contribution in [0, 0.1) is 5.92 Å². The third kappa shape index (κ3) is 4.85. The van der Waals surface area contributed by atoms with E-state index in [0.29, 0.717) is 56.1 Å². The van der Waals surface area contributed by atoms with Crippen molar-refractivity contribution in [1.29, 1.82) is 0 Å². The lowest BCUT2D eigenvalue weighted by atomic mass is 9.95.